The van der Waals surface area contributed by atoms with Crippen LogP contribution in [0.15, 0.2) is 46.5 Å². The van der Waals surface area contributed by atoms with Gasteiger partial charge in [0.2, 0.25) is 0 Å². The van der Waals surface area contributed by atoms with E-state index >= 15 is 0 Å². The van der Waals surface area contributed by atoms with Crippen LogP contribution in [0.3, 0.4) is 0 Å². The van der Waals surface area contributed by atoms with Crippen molar-refractivity contribution in [2.75, 3.05) is 13.4 Å². The van der Waals surface area contributed by atoms with Gasteiger partial charge in [0.1, 0.15) is 11.6 Å². The lowest BCUT2D eigenvalue weighted by molar-refractivity contribution is -0.386. The highest BCUT2D eigenvalue weighted by Crippen LogP contribution is 2.37. The van der Waals surface area contributed by atoms with Crippen molar-refractivity contribution in [1.82, 2.24) is 15.0 Å². The first-order chi connectivity index (χ1) is 14.0. The number of hydrogen-bond acceptors (Lipinski definition) is 9. The third-order valence-corrected chi connectivity index (χ3v) is 4.37. The van der Waals surface area contributed by atoms with Crippen LogP contribution in [0, 0.1) is 21.4 Å². The maximum atomic E-state index is 12.1. The molecule has 146 valence electrons. The average Bonchev–Trinajstić information content (AvgIpc) is 2.73. The fourth-order valence-corrected chi connectivity index (χ4v) is 2.84. The smallest absolute Gasteiger partial charge is 0.331 e. The zero-order valence-corrected chi connectivity index (χ0v) is 16.0. The van der Waals surface area contributed by atoms with Gasteiger partial charge in [-0.1, -0.05) is 11.8 Å². The topological polar surface area (TPSA) is 144 Å². The molecule has 0 aliphatic carbocycles. The van der Waals surface area contributed by atoms with Gasteiger partial charge in [0.15, 0.2) is 16.7 Å². The summed E-state index contributed by atoms with van der Waals surface area (Å²) in [5, 5.41) is 20.8. The second-order valence-corrected chi connectivity index (χ2v) is 6.26. The number of thioether (sulfide) groups is 1. The minimum Gasteiger partial charge on any atom is -0.493 e. The fourth-order valence-electron chi connectivity index (χ4n) is 2.47. The Bertz CT molecular complexity index is 1190. The van der Waals surface area contributed by atoms with Crippen LogP contribution < -0.4 is 15.0 Å². The summed E-state index contributed by atoms with van der Waals surface area (Å²) in [5.41, 5.74) is -0.354. The van der Waals surface area contributed by atoms with Gasteiger partial charge in [-0.2, -0.15) is 5.26 Å². The molecule has 2 aromatic heterocycles. The summed E-state index contributed by atoms with van der Waals surface area (Å²) in [6, 6.07) is 9.14. The van der Waals surface area contributed by atoms with E-state index in [-0.39, 0.29) is 34.3 Å². The Morgan fingerprint density at radius 3 is 2.76 bits per heavy atom. The van der Waals surface area contributed by atoms with E-state index in [0.29, 0.717) is 10.7 Å². The monoisotopic (exact) mass is 411 g/mol. The van der Waals surface area contributed by atoms with Crippen molar-refractivity contribution in [2.45, 2.75) is 5.16 Å². The van der Waals surface area contributed by atoms with Crippen LogP contribution in [0.4, 0.5) is 5.69 Å². The van der Waals surface area contributed by atoms with Crippen molar-refractivity contribution in [3.05, 3.63) is 62.6 Å². The lowest BCUT2D eigenvalue weighted by atomic mass is 10.1. The van der Waals surface area contributed by atoms with Crippen molar-refractivity contribution in [3.8, 4) is 34.7 Å². The Hall–Kier alpha value is -3.91. The van der Waals surface area contributed by atoms with Crippen LogP contribution in [-0.4, -0.2) is 33.2 Å². The van der Waals surface area contributed by atoms with Crippen LogP contribution in [-0.2, 0) is 0 Å². The number of pyridine rings is 1. The molecule has 0 spiro atoms. The number of nitriles is 1. The average molecular weight is 411 g/mol. The molecule has 0 bridgehead atoms. The molecule has 29 heavy (non-hydrogen) atoms. The predicted octanol–water partition coefficient (Wildman–Crippen LogP) is 3.13. The van der Waals surface area contributed by atoms with Gasteiger partial charge < -0.3 is 14.5 Å². The van der Waals surface area contributed by atoms with Gasteiger partial charge >= 0.3 is 5.69 Å². The summed E-state index contributed by atoms with van der Waals surface area (Å²) in [4.78, 5) is 33.4. The van der Waals surface area contributed by atoms with Gasteiger partial charge in [-0.15, -0.1) is 0 Å². The quantitative estimate of drug-likeness (QED) is 0.280. The van der Waals surface area contributed by atoms with Crippen LogP contribution >= 0.6 is 11.8 Å². The van der Waals surface area contributed by atoms with Crippen molar-refractivity contribution >= 4 is 17.4 Å². The van der Waals surface area contributed by atoms with Crippen LogP contribution in [0.25, 0.3) is 11.3 Å². The largest absolute Gasteiger partial charge is 0.493 e. The van der Waals surface area contributed by atoms with E-state index in [2.05, 4.69) is 15.0 Å². The second kappa shape index (κ2) is 8.41. The maximum absolute atomic E-state index is 12.1. The molecule has 11 heteroatoms. The number of aromatic amines is 1. The number of ether oxygens (including phenoxy) is 2. The fraction of sp³-hybridized carbons (Fsp3) is 0.111. The molecule has 0 unspecified atom stereocenters. The molecular weight excluding hydrogens is 398 g/mol. The van der Waals surface area contributed by atoms with Crippen molar-refractivity contribution in [1.29, 1.82) is 5.26 Å². The molecule has 0 aliphatic heterocycles. The SMILES string of the molecule is COc1cc(-c2nc(SC)[nH]c(=O)c2C#N)ccc1Oc1ncccc1[N+](=O)[O-]. The minimum atomic E-state index is -0.605. The zero-order valence-electron chi connectivity index (χ0n) is 15.2. The van der Waals surface area contributed by atoms with E-state index < -0.39 is 10.5 Å². The van der Waals surface area contributed by atoms with E-state index in [0.717, 1.165) is 0 Å². The Morgan fingerprint density at radius 1 is 1.31 bits per heavy atom. The molecule has 3 aromatic rings. The zero-order chi connectivity index (χ0) is 21.0. The molecule has 0 atom stereocenters. The number of methoxy groups -OCH3 is 1. The summed E-state index contributed by atoms with van der Waals surface area (Å²) in [6.07, 6.45) is 3.11. The Kier molecular flexibility index (Phi) is 5.75. The van der Waals surface area contributed by atoms with E-state index in [1.54, 1.807) is 12.3 Å². The molecule has 0 aliphatic rings. The van der Waals surface area contributed by atoms with Gasteiger partial charge in [-0.05, 0) is 30.5 Å². The highest BCUT2D eigenvalue weighted by atomic mass is 32.2. The molecule has 1 N–H and O–H groups in total. The molecule has 0 saturated carbocycles. The summed E-state index contributed by atoms with van der Waals surface area (Å²) in [7, 11) is 1.39. The first-order valence-corrected chi connectivity index (χ1v) is 9.25. The van der Waals surface area contributed by atoms with E-state index in [9.17, 15) is 20.2 Å². The standard InChI is InChI=1S/C18H13N5O5S/c1-27-14-8-10(15-11(9-19)16(24)22-18(21-15)29-2)5-6-13(14)28-17-12(23(25)26)4-3-7-20-17/h3-8H,1-2H3,(H,21,22,24). The number of hydrogen-bond donors (Lipinski definition) is 1. The number of rotatable bonds is 6. The van der Waals surface area contributed by atoms with Crippen molar-refractivity contribution in [2.24, 2.45) is 0 Å². The third-order valence-electron chi connectivity index (χ3n) is 3.79. The van der Waals surface area contributed by atoms with E-state index in [4.69, 9.17) is 9.47 Å². The highest BCUT2D eigenvalue weighted by molar-refractivity contribution is 7.98. The summed E-state index contributed by atoms with van der Waals surface area (Å²) < 4.78 is 10.9. The van der Waals surface area contributed by atoms with Gasteiger partial charge in [0, 0.05) is 17.8 Å². The number of nitrogens with one attached hydrogen (secondary N) is 1. The van der Waals surface area contributed by atoms with E-state index in [1.807, 2.05) is 6.07 Å². The normalized spacial score (nSPS) is 10.2. The number of benzene rings is 1. The number of H-pyrrole nitrogens is 1. The summed E-state index contributed by atoms with van der Waals surface area (Å²) in [5.74, 6) is 0.200. The molecule has 1 aromatic carbocycles. The van der Waals surface area contributed by atoms with Crippen molar-refractivity contribution in [3.63, 3.8) is 0 Å². The Labute approximate surface area is 168 Å². The third kappa shape index (κ3) is 4.02. The summed E-state index contributed by atoms with van der Waals surface area (Å²) in [6.45, 7) is 0. The number of nitrogens with zero attached hydrogens (tertiary/aromatic N) is 4. The second-order valence-electron chi connectivity index (χ2n) is 5.46. The molecule has 3 rings (SSSR count). The van der Waals surface area contributed by atoms with Gasteiger partial charge in [0.05, 0.1) is 17.7 Å². The molecule has 0 saturated heterocycles. The molecule has 0 amide bonds. The van der Waals surface area contributed by atoms with Crippen molar-refractivity contribution < 1.29 is 14.4 Å². The lowest BCUT2D eigenvalue weighted by Gasteiger charge is -2.12. The maximum Gasteiger partial charge on any atom is 0.331 e. The predicted molar refractivity (Wildman–Crippen MR) is 104 cm³/mol. The lowest BCUT2D eigenvalue weighted by Crippen LogP contribution is -2.14. The van der Waals surface area contributed by atoms with E-state index in [1.165, 1.54) is 49.3 Å². The van der Waals surface area contributed by atoms with Crippen LogP contribution in [0.5, 0.6) is 17.4 Å². The first kappa shape index (κ1) is 19.8. The molecule has 0 radical (unpaired) electrons. The minimum absolute atomic E-state index is 0.140. The molecule has 10 nitrogen and oxygen atoms in total. The summed E-state index contributed by atoms with van der Waals surface area (Å²) >= 11 is 1.23. The Morgan fingerprint density at radius 2 is 2.10 bits per heavy atom. The Balaban J connectivity index is 2.08. The first-order valence-electron chi connectivity index (χ1n) is 8.02. The van der Waals surface area contributed by atoms with Gasteiger partial charge in [-0.3, -0.25) is 14.9 Å². The molecule has 0 fully saturated rings. The number of nitro groups is 1. The molecular formula is C18H13N5O5S. The number of aromatic nitrogens is 3. The van der Waals surface area contributed by atoms with Gasteiger partial charge in [0.25, 0.3) is 11.4 Å². The van der Waals surface area contributed by atoms with Crippen LogP contribution in [0.2, 0.25) is 0 Å². The highest BCUT2D eigenvalue weighted by Gasteiger charge is 2.20. The van der Waals surface area contributed by atoms with Gasteiger partial charge in [-0.25, -0.2) is 9.97 Å². The molecule has 2 heterocycles. The van der Waals surface area contributed by atoms with Crippen LogP contribution in [0.1, 0.15) is 5.56 Å².